The predicted molar refractivity (Wildman–Crippen MR) is 233 cm³/mol. The molecular formula is C49H68O13. The second-order valence-electron chi connectivity index (χ2n) is 16.6. The molecule has 2 unspecified atom stereocenters. The molecule has 0 aromatic heterocycles. The molecule has 0 bridgehead atoms. The zero-order valence-corrected chi connectivity index (χ0v) is 38.6. The lowest BCUT2D eigenvalue weighted by atomic mass is 9.86. The van der Waals surface area contributed by atoms with Crippen LogP contribution in [0.1, 0.15) is 148 Å². The highest BCUT2D eigenvalue weighted by molar-refractivity contribution is 5.96. The van der Waals surface area contributed by atoms with Crippen LogP contribution in [0.4, 0.5) is 0 Å². The molecule has 0 aliphatic carbocycles. The van der Waals surface area contributed by atoms with Gasteiger partial charge in [-0.15, -0.1) is 0 Å². The minimum atomic E-state index is -0.847. The van der Waals surface area contributed by atoms with Gasteiger partial charge in [-0.05, 0) is 93.5 Å². The lowest BCUT2D eigenvalue weighted by molar-refractivity contribution is -0.166. The number of benzene rings is 2. The molecule has 0 N–H and O–H groups in total. The average Bonchev–Trinajstić information content (AvgIpc) is 3.61. The zero-order valence-electron chi connectivity index (χ0n) is 38.6. The Bertz CT molecular complexity index is 1890. The molecule has 2 aromatic rings. The van der Waals surface area contributed by atoms with Crippen molar-refractivity contribution in [1.82, 2.24) is 0 Å². The molecule has 0 spiro atoms. The molecule has 1 heterocycles. The van der Waals surface area contributed by atoms with Gasteiger partial charge in [-0.3, -0.25) is 24.0 Å². The van der Waals surface area contributed by atoms with Crippen molar-refractivity contribution in [2.75, 3.05) is 27.4 Å². The van der Waals surface area contributed by atoms with Crippen molar-refractivity contribution in [2.24, 2.45) is 11.8 Å². The second kappa shape index (κ2) is 25.7. The second-order valence-corrected chi connectivity index (χ2v) is 16.6. The number of hydrogen-bond donors (Lipinski definition) is 0. The number of rotatable bonds is 26. The standard InChI is InChI=1S/C49H68O13/c1-30(19-23-43(52)56-9)18-21-41-40(45-42(29-60-49(45)55)35(6)47(41)57-10)22-20-38-25-33(4)46(34(5)26-38)62-48(54)32(3)17-15-13-11-12-14-16-31(2)24-44(53)61-39(27-58-36(7)50)28-59-37(8)51/h18,25-26,31-32,39H,11-17,19-24,27-29H2,1-10H3/b30-18+. The molecule has 62 heavy (non-hydrogen) atoms. The number of cyclic esters (lactones) is 1. The van der Waals surface area contributed by atoms with Crippen molar-refractivity contribution in [3.8, 4) is 11.5 Å². The van der Waals surface area contributed by atoms with E-state index in [1.807, 2.05) is 53.7 Å². The van der Waals surface area contributed by atoms with E-state index in [0.29, 0.717) is 49.8 Å². The van der Waals surface area contributed by atoms with Gasteiger partial charge in [0, 0.05) is 37.8 Å². The number of carbonyl (C=O) groups is 6. The van der Waals surface area contributed by atoms with Gasteiger partial charge in [0.15, 0.2) is 6.10 Å². The van der Waals surface area contributed by atoms with Crippen LogP contribution in [-0.2, 0) is 73.5 Å². The van der Waals surface area contributed by atoms with Crippen LogP contribution >= 0.6 is 0 Å². The van der Waals surface area contributed by atoms with Gasteiger partial charge in [0.2, 0.25) is 0 Å². The highest BCUT2D eigenvalue weighted by Crippen LogP contribution is 2.39. The fraction of sp³-hybridized carbons (Fsp3) is 0.592. The van der Waals surface area contributed by atoms with E-state index in [-0.39, 0.29) is 56.0 Å². The summed E-state index contributed by atoms with van der Waals surface area (Å²) >= 11 is 0. The SMILES string of the molecule is COC(=O)CC/C(C)=C/Cc1c(CCc2cc(C)c(OC(=O)C(C)CCCCCCCC(C)CC(=O)OC(COC(C)=O)COC(C)=O)c(C)c2)c2c(c(C)c1OC)COC2=O. The molecule has 342 valence electrons. The number of carbonyl (C=O) groups excluding carboxylic acids is 6. The van der Waals surface area contributed by atoms with Crippen LogP contribution in [0.5, 0.6) is 11.5 Å². The summed E-state index contributed by atoms with van der Waals surface area (Å²) in [6.07, 6.45) is 10.5. The Morgan fingerprint density at radius 3 is 1.98 bits per heavy atom. The molecule has 13 nitrogen and oxygen atoms in total. The lowest BCUT2D eigenvalue weighted by Gasteiger charge is -2.20. The summed E-state index contributed by atoms with van der Waals surface area (Å²) in [5.41, 5.74) is 8.01. The Labute approximate surface area is 367 Å². The Morgan fingerprint density at radius 2 is 1.39 bits per heavy atom. The van der Waals surface area contributed by atoms with E-state index in [0.717, 1.165) is 88.8 Å². The average molecular weight is 865 g/mol. The molecule has 3 rings (SSSR count). The summed E-state index contributed by atoms with van der Waals surface area (Å²) in [4.78, 5) is 72.8. The van der Waals surface area contributed by atoms with E-state index in [1.54, 1.807) is 7.11 Å². The summed E-state index contributed by atoms with van der Waals surface area (Å²) in [6.45, 7) is 14.1. The van der Waals surface area contributed by atoms with Gasteiger partial charge in [-0.2, -0.15) is 0 Å². The van der Waals surface area contributed by atoms with Crippen molar-refractivity contribution >= 4 is 35.8 Å². The van der Waals surface area contributed by atoms with Gasteiger partial charge in [-0.1, -0.05) is 76.2 Å². The predicted octanol–water partition coefficient (Wildman–Crippen LogP) is 8.85. The van der Waals surface area contributed by atoms with E-state index in [2.05, 4.69) is 6.08 Å². The molecule has 0 saturated heterocycles. The number of esters is 6. The molecule has 0 fully saturated rings. The first-order valence-corrected chi connectivity index (χ1v) is 21.8. The molecule has 1 aliphatic heterocycles. The van der Waals surface area contributed by atoms with Crippen molar-refractivity contribution < 1.29 is 61.9 Å². The topological polar surface area (TPSA) is 167 Å². The monoisotopic (exact) mass is 864 g/mol. The Hall–Kier alpha value is -5.20. The quantitative estimate of drug-likeness (QED) is 0.0290. The highest BCUT2D eigenvalue weighted by Gasteiger charge is 2.32. The molecule has 13 heteroatoms. The van der Waals surface area contributed by atoms with E-state index in [1.165, 1.54) is 21.0 Å². The highest BCUT2D eigenvalue weighted by atomic mass is 16.6. The number of aryl methyl sites for hydroxylation is 3. The summed E-state index contributed by atoms with van der Waals surface area (Å²) in [6, 6.07) is 4.08. The maximum absolute atomic E-state index is 13.2. The zero-order chi connectivity index (χ0) is 45.9. The van der Waals surface area contributed by atoms with Gasteiger partial charge in [0.05, 0.1) is 25.7 Å². The van der Waals surface area contributed by atoms with Crippen LogP contribution in [0.15, 0.2) is 23.8 Å². The summed E-state index contributed by atoms with van der Waals surface area (Å²) in [7, 11) is 3.02. The summed E-state index contributed by atoms with van der Waals surface area (Å²) in [5, 5.41) is 0. The molecule has 2 atom stereocenters. The number of ether oxygens (including phenoxy) is 7. The molecule has 1 aliphatic rings. The number of fused-ring (bicyclic) bond motifs is 1. The maximum atomic E-state index is 13.2. The van der Waals surface area contributed by atoms with Crippen molar-refractivity contribution in [3.05, 3.63) is 68.3 Å². The Kier molecular flexibility index (Phi) is 21.2. The number of hydrogen-bond acceptors (Lipinski definition) is 13. The van der Waals surface area contributed by atoms with Gasteiger partial charge >= 0.3 is 35.8 Å². The molecule has 0 radical (unpaired) electrons. The van der Waals surface area contributed by atoms with Crippen LogP contribution < -0.4 is 9.47 Å². The van der Waals surface area contributed by atoms with E-state index >= 15 is 0 Å². The largest absolute Gasteiger partial charge is 0.496 e. The number of allylic oxidation sites excluding steroid dienone is 2. The summed E-state index contributed by atoms with van der Waals surface area (Å²) in [5.74, 6) is -1.16. The van der Waals surface area contributed by atoms with E-state index in [4.69, 9.17) is 33.2 Å². The van der Waals surface area contributed by atoms with Crippen LogP contribution in [0, 0.1) is 32.6 Å². The minimum Gasteiger partial charge on any atom is -0.496 e. The Balaban J connectivity index is 1.50. The molecular weight excluding hydrogens is 797 g/mol. The number of methoxy groups -OCH3 is 2. The first-order valence-electron chi connectivity index (χ1n) is 21.8. The molecule has 2 aromatic carbocycles. The third-order valence-electron chi connectivity index (χ3n) is 11.3. The van der Waals surface area contributed by atoms with E-state index in [9.17, 15) is 28.8 Å². The van der Waals surface area contributed by atoms with Crippen LogP contribution in [0.2, 0.25) is 0 Å². The van der Waals surface area contributed by atoms with Crippen molar-refractivity contribution in [3.63, 3.8) is 0 Å². The third kappa shape index (κ3) is 16.2. The van der Waals surface area contributed by atoms with Gasteiger partial charge in [0.25, 0.3) is 0 Å². The van der Waals surface area contributed by atoms with E-state index < -0.39 is 24.0 Å². The first-order chi connectivity index (χ1) is 29.4. The van der Waals surface area contributed by atoms with Crippen LogP contribution in [0.25, 0.3) is 0 Å². The fourth-order valence-electron chi connectivity index (χ4n) is 7.77. The lowest BCUT2D eigenvalue weighted by Crippen LogP contribution is -2.30. The summed E-state index contributed by atoms with van der Waals surface area (Å²) < 4.78 is 37.5. The van der Waals surface area contributed by atoms with Crippen LogP contribution in [-0.4, -0.2) is 69.4 Å². The van der Waals surface area contributed by atoms with Crippen molar-refractivity contribution in [2.45, 2.75) is 152 Å². The fourth-order valence-corrected chi connectivity index (χ4v) is 7.77. The van der Waals surface area contributed by atoms with Gasteiger partial charge in [-0.25, -0.2) is 4.79 Å². The maximum Gasteiger partial charge on any atom is 0.339 e. The smallest absolute Gasteiger partial charge is 0.339 e. The molecule has 0 saturated carbocycles. The van der Waals surface area contributed by atoms with Crippen LogP contribution in [0.3, 0.4) is 0 Å². The number of unbranched alkanes of at least 4 members (excludes halogenated alkanes) is 4. The minimum absolute atomic E-state index is 0.0992. The molecule has 0 amide bonds. The third-order valence-corrected chi connectivity index (χ3v) is 11.3. The van der Waals surface area contributed by atoms with Gasteiger partial charge < -0.3 is 33.2 Å². The normalized spacial score (nSPS) is 13.2. The van der Waals surface area contributed by atoms with Crippen molar-refractivity contribution in [1.29, 1.82) is 0 Å². The Morgan fingerprint density at radius 1 is 0.774 bits per heavy atom. The first kappa shape index (κ1) is 51.2. The van der Waals surface area contributed by atoms with Gasteiger partial charge in [0.1, 0.15) is 31.3 Å².